The maximum atomic E-state index is 13.6. The molecule has 3 N–H and O–H groups in total. The summed E-state index contributed by atoms with van der Waals surface area (Å²) >= 11 is 0. The molecule has 2 aromatic rings. The van der Waals surface area contributed by atoms with Crippen molar-refractivity contribution >= 4 is 0 Å². The zero-order valence-electron chi connectivity index (χ0n) is 9.37. The van der Waals surface area contributed by atoms with Gasteiger partial charge in [-0.3, -0.25) is 5.10 Å². The summed E-state index contributed by atoms with van der Waals surface area (Å²) in [5.74, 6) is -1.38. The summed E-state index contributed by atoms with van der Waals surface area (Å²) in [6, 6.07) is 5.13. The number of aromatic nitrogens is 2. The summed E-state index contributed by atoms with van der Waals surface area (Å²) in [6.45, 7) is 2.01. The Balaban J connectivity index is 2.45. The Hall–Kier alpha value is -1.75. The van der Waals surface area contributed by atoms with Crippen LogP contribution >= 0.6 is 0 Å². The molecule has 1 aromatic heterocycles. The molecule has 1 heterocycles. The van der Waals surface area contributed by atoms with E-state index >= 15 is 0 Å². The summed E-state index contributed by atoms with van der Waals surface area (Å²) in [7, 11) is 0. The van der Waals surface area contributed by atoms with Gasteiger partial charge in [-0.1, -0.05) is 0 Å². The molecule has 0 amide bonds. The molecule has 5 heteroatoms. The SMILES string of the molecule is Cc1cc(C(CN)c2cc(F)ccc2F)n[nH]1. The molecule has 0 bridgehead atoms. The smallest absolute Gasteiger partial charge is 0.127 e. The van der Waals surface area contributed by atoms with Crippen LogP contribution in [0, 0.1) is 18.6 Å². The molecule has 3 nitrogen and oxygen atoms in total. The van der Waals surface area contributed by atoms with Gasteiger partial charge in [0.2, 0.25) is 0 Å². The van der Waals surface area contributed by atoms with Crippen molar-refractivity contribution in [3.63, 3.8) is 0 Å². The van der Waals surface area contributed by atoms with Crippen molar-refractivity contribution in [1.29, 1.82) is 0 Å². The van der Waals surface area contributed by atoms with E-state index in [2.05, 4.69) is 10.2 Å². The van der Waals surface area contributed by atoms with Crippen LogP contribution in [0.2, 0.25) is 0 Å². The molecule has 0 aliphatic rings. The predicted octanol–water partition coefficient (Wildman–Crippen LogP) is 2.09. The van der Waals surface area contributed by atoms with E-state index in [1.165, 1.54) is 0 Å². The van der Waals surface area contributed by atoms with Crippen LogP contribution in [0.4, 0.5) is 8.78 Å². The molecule has 2 rings (SSSR count). The van der Waals surface area contributed by atoms with Crippen LogP contribution < -0.4 is 5.73 Å². The molecule has 1 unspecified atom stereocenters. The second-order valence-electron chi connectivity index (χ2n) is 3.93. The van der Waals surface area contributed by atoms with Crippen LogP contribution in [-0.2, 0) is 0 Å². The number of aryl methyl sites for hydroxylation is 1. The first kappa shape index (κ1) is 11.7. The minimum Gasteiger partial charge on any atom is -0.329 e. The lowest BCUT2D eigenvalue weighted by atomic mass is 9.95. The van der Waals surface area contributed by atoms with E-state index in [1.807, 2.05) is 6.92 Å². The number of H-pyrrole nitrogens is 1. The first-order chi connectivity index (χ1) is 8.11. The van der Waals surface area contributed by atoms with Crippen molar-refractivity contribution in [2.45, 2.75) is 12.8 Å². The fraction of sp³-hybridized carbons (Fsp3) is 0.250. The van der Waals surface area contributed by atoms with Crippen LogP contribution in [0.5, 0.6) is 0 Å². The van der Waals surface area contributed by atoms with Crippen molar-refractivity contribution in [3.05, 3.63) is 52.9 Å². The zero-order valence-corrected chi connectivity index (χ0v) is 9.37. The van der Waals surface area contributed by atoms with Gasteiger partial charge in [-0.05, 0) is 31.2 Å². The van der Waals surface area contributed by atoms with Crippen LogP contribution in [0.1, 0.15) is 22.9 Å². The number of hydrogen-bond donors (Lipinski definition) is 2. The number of rotatable bonds is 3. The zero-order chi connectivity index (χ0) is 12.4. The van der Waals surface area contributed by atoms with Gasteiger partial charge < -0.3 is 5.73 Å². The lowest BCUT2D eigenvalue weighted by molar-refractivity contribution is 0.572. The van der Waals surface area contributed by atoms with Crippen LogP contribution in [0.3, 0.4) is 0 Å². The van der Waals surface area contributed by atoms with Crippen LogP contribution in [-0.4, -0.2) is 16.7 Å². The van der Waals surface area contributed by atoms with E-state index < -0.39 is 17.6 Å². The molecule has 0 saturated carbocycles. The molecule has 17 heavy (non-hydrogen) atoms. The minimum atomic E-state index is -0.480. The van der Waals surface area contributed by atoms with Crippen LogP contribution in [0.25, 0.3) is 0 Å². The van der Waals surface area contributed by atoms with E-state index in [-0.39, 0.29) is 12.1 Å². The summed E-state index contributed by atoms with van der Waals surface area (Å²) in [5.41, 5.74) is 7.33. The fourth-order valence-corrected chi connectivity index (χ4v) is 1.81. The van der Waals surface area contributed by atoms with Gasteiger partial charge in [0, 0.05) is 23.7 Å². The van der Waals surface area contributed by atoms with Gasteiger partial charge >= 0.3 is 0 Å². The topological polar surface area (TPSA) is 54.7 Å². The average Bonchev–Trinajstić information content (AvgIpc) is 2.71. The Labute approximate surface area is 97.7 Å². The summed E-state index contributed by atoms with van der Waals surface area (Å²) in [4.78, 5) is 0. The summed E-state index contributed by atoms with van der Waals surface area (Å²) in [6.07, 6.45) is 0. The van der Waals surface area contributed by atoms with Gasteiger partial charge in [0.15, 0.2) is 0 Å². The van der Waals surface area contributed by atoms with Crippen molar-refractivity contribution in [3.8, 4) is 0 Å². The highest BCUT2D eigenvalue weighted by Crippen LogP contribution is 2.25. The molecule has 0 saturated heterocycles. The van der Waals surface area contributed by atoms with Gasteiger partial charge in [0.05, 0.1) is 5.69 Å². The predicted molar refractivity (Wildman–Crippen MR) is 60.6 cm³/mol. The first-order valence-electron chi connectivity index (χ1n) is 5.28. The molecule has 1 aromatic carbocycles. The number of benzene rings is 1. The Kier molecular flexibility index (Phi) is 3.19. The maximum absolute atomic E-state index is 13.6. The number of nitrogens with two attached hydrogens (primary N) is 1. The Bertz CT molecular complexity index is 522. The van der Waals surface area contributed by atoms with Crippen molar-refractivity contribution in [2.24, 2.45) is 5.73 Å². The third-order valence-corrected chi connectivity index (χ3v) is 2.65. The molecule has 0 aliphatic carbocycles. The van der Waals surface area contributed by atoms with Gasteiger partial charge in [-0.2, -0.15) is 5.10 Å². The van der Waals surface area contributed by atoms with Crippen LogP contribution in [0.15, 0.2) is 24.3 Å². The van der Waals surface area contributed by atoms with Gasteiger partial charge in [-0.15, -0.1) is 0 Å². The van der Waals surface area contributed by atoms with Gasteiger partial charge in [0.1, 0.15) is 11.6 Å². The Morgan fingerprint density at radius 1 is 1.35 bits per heavy atom. The first-order valence-corrected chi connectivity index (χ1v) is 5.28. The monoisotopic (exact) mass is 237 g/mol. The fourth-order valence-electron chi connectivity index (χ4n) is 1.81. The number of nitrogens with zero attached hydrogens (tertiary/aromatic N) is 1. The van der Waals surface area contributed by atoms with E-state index in [4.69, 9.17) is 5.73 Å². The molecule has 1 atom stereocenters. The van der Waals surface area contributed by atoms with E-state index in [9.17, 15) is 8.78 Å². The third-order valence-electron chi connectivity index (χ3n) is 2.65. The molecule has 0 spiro atoms. The van der Waals surface area contributed by atoms with E-state index in [0.29, 0.717) is 5.69 Å². The third kappa shape index (κ3) is 2.34. The highest BCUT2D eigenvalue weighted by atomic mass is 19.1. The molecule has 0 aliphatic heterocycles. The lowest BCUT2D eigenvalue weighted by Crippen LogP contribution is -2.16. The Morgan fingerprint density at radius 2 is 2.12 bits per heavy atom. The summed E-state index contributed by atoms with van der Waals surface area (Å²) in [5, 5.41) is 6.81. The average molecular weight is 237 g/mol. The molecule has 0 fully saturated rings. The second kappa shape index (κ2) is 4.63. The van der Waals surface area contributed by atoms with Gasteiger partial charge in [-0.25, -0.2) is 8.78 Å². The molecule has 90 valence electrons. The standard InChI is InChI=1S/C12H13F2N3/c1-7-4-12(17-16-7)10(6-15)9-5-8(13)2-3-11(9)14/h2-5,10H,6,15H2,1H3,(H,16,17). The highest BCUT2D eigenvalue weighted by Gasteiger charge is 2.19. The van der Waals surface area contributed by atoms with Gasteiger partial charge in [0.25, 0.3) is 0 Å². The highest BCUT2D eigenvalue weighted by molar-refractivity contribution is 5.31. The van der Waals surface area contributed by atoms with Crippen molar-refractivity contribution in [1.82, 2.24) is 10.2 Å². The minimum absolute atomic E-state index is 0.171. The lowest BCUT2D eigenvalue weighted by Gasteiger charge is -2.13. The number of nitrogens with one attached hydrogen (secondary N) is 1. The van der Waals surface area contributed by atoms with Crippen molar-refractivity contribution < 1.29 is 8.78 Å². The largest absolute Gasteiger partial charge is 0.329 e. The Morgan fingerprint density at radius 3 is 2.71 bits per heavy atom. The second-order valence-corrected chi connectivity index (χ2v) is 3.93. The van der Waals surface area contributed by atoms with Crippen molar-refractivity contribution in [2.75, 3.05) is 6.54 Å². The summed E-state index contributed by atoms with van der Waals surface area (Å²) < 4.78 is 26.8. The molecular weight excluding hydrogens is 224 g/mol. The quantitative estimate of drug-likeness (QED) is 0.858. The number of aromatic amines is 1. The van der Waals surface area contributed by atoms with E-state index in [0.717, 1.165) is 23.9 Å². The molecule has 0 radical (unpaired) electrons. The maximum Gasteiger partial charge on any atom is 0.127 e. The molecular formula is C12H13F2N3. The number of hydrogen-bond acceptors (Lipinski definition) is 2. The van der Waals surface area contributed by atoms with E-state index in [1.54, 1.807) is 6.07 Å². The number of halogens is 2. The normalized spacial score (nSPS) is 12.7.